The number of pyridine rings is 1. The quantitative estimate of drug-likeness (QED) is 0.563. The van der Waals surface area contributed by atoms with Crippen molar-refractivity contribution in [3.8, 4) is 0 Å². The molecule has 0 fully saturated rings. The molecule has 0 amide bonds. The molecule has 0 saturated carbocycles. The van der Waals surface area contributed by atoms with Crippen LogP contribution in [0, 0.1) is 6.92 Å². The number of aromatic nitrogens is 1. The molecular weight excluding hydrogens is 202 g/mol. The number of nitrogens with zero attached hydrogens (tertiary/aromatic N) is 1. The summed E-state index contributed by atoms with van der Waals surface area (Å²) in [5, 5.41) is 0. The van der Waals surface area contributed by atoms with Crippen molar-refractivity contribution in [2.45, 2.75) is 13.5 Å². The van der Waals surface area contributed by atoms with Gasteiger partial charge in [0.05, 0.1) is 5.75 Å². The van der Waals surface area contributed by atoms with E-state index in [0.29, 0.717) is 0 Å². The molecule has 2 heteroatoms. The Kier molecular flexibility index (Phi) is 14.2. The molecule has 84 valence electrons. The molecule has 0 unspecified atom stereocenters. The Morgan fingerprint density at radius 2 is 1.80 bits per heavy atom. The van der Waals surface area contributed by atoms with Crippen molar-refractivity contribution in [2.24, 2.45) is 0 Å². The van der Waals surface area contributed by atoms with Gasteiger partial charge in [-0.3, -0.25) is 0 Å². The standard InChI is InChI=1S/C9H14NS.2C2H4/c1-9-5-3-4-6-10(9)7-8-11-2;2*1-2/h3-6H,7-8H2,1-2H3;2*1-2H2/q+1;;. The predicted octanol–water partition coefficient (Wildman–Crippen LogP) is 3.25. The SMILES string of the molecule is C=C.C=C.CSCC[n+]1ccccc1C. The first kappa shape index (κ1) is 16.4. The lowest BCUT2D eigenvalue weighted by atomic mass is 10.3. The van der Waals surface area contributed by atoms with Crippen molar-refractivity contribution in [1.29, 1.82) is 0 Å². The zero-order valence-electron chi connectivity index (χ0n) is 9.91. The molecule has 0 atom stereocenters. The Labute approximate surface area is 98.5 Å². The first-order valence-corrected chi connectivity index (χ1v) is 6.18. The van der Waals surface area contributed by atoms with Crippen molar-refractivity contribution in [2.75, 3.05) is 12.0 Å². The zero-order chi connectivity index (χ0) is 12.1. The van der Waals surface area contributed by atoms with Crippen LogP contribution in [0.25, 0.3) is 0 Å². The van der Waals surface area contributed by atoms with Gasteiger partial charge in [-0.2, -0.15) is 11.8 Å². The third-order valence-electron chi connectivity index (χ3n) is 1.70. The lowest BCUT2D eigenvalue weighted by Gasteiger charge is -1.96. The first-order chi connectivity index (χ1) is 7.34. The molecular formula is C13H22NS+. The highest BCUT2D eigenvalue weighted by molar-refractivity contribution is 7.98. The van der Waals surface area contributed by atoms with E-state index in [9.17, 15) is 0 Å². The van der Waals surface area contributed by atoms with E-state index < -0.39 is 0 Å². The van der Waals surface area contributed by atoms with Crippen LogP contribution >= 0.6 is 11.8 Å². The lowest BCUT2D eigenvalue weighted by molar-refractivity contribution is -0.698. The second kappa shape index (κ2) is 13.0. The van der Waals surface area contributed by atoms with Crippen molar-refractivity contribution >= 4 is 11.8 Å². The molecule has 0 saturated heterocycles. The van der Waals surface area contributed by atoms with E-state index in [1.807, 2.05) is 11.8 Å². The normalized spacial score (nSPS) is 7.87. The van der Waals surface area contributed by atoms with Gasteiger partial charge >= 0.3 is 0 Å². The fourth-order valence-corrected chi connectivity index (χ4v) is 1.38. The smallest absolute Gasteiger partial charge is 0.178 e. The van der Waals surface area contributed by atoms with Gasteiger partial charge in [-0.05, 0) is 6.26 Å². The summed E-state index contributed by atoms with van der Waals surface area (Å²) in [4.78, 5) is 0. The minimum absolute atomic E-state index is 1.12. The summed E-state index contributed by atoms with van der Waals surface area (Å²) in [5.41, 5.74) is 1.33. The Hall–Kier alpha value is -1.02. The van der Waals surface area contributed by atoms with Crippen LogP contribution < -0.4 is 4.57 Å². The maximum Gasteiger partial charge on any atom is 0.178 e. The number of hydrogen-bond donors (Lipinski definition) is 0. The highest BCUT2D eigenvalue weighted by atomic mass is 32.2. The van der Waals surface area contributed by atoms with E-state index in [1.165, 1.54) is 11.4 Å². The third kappa shape index (κ3) is 8.01. The summed E-state index contributed by atoms with van der Waals surface area (Å²) in [6.45, 7) is 15.3. The second-order valence-electron chi connectivity index (χ2n) is 2.53. The van der Waals surface area contributed by atoms with Gasteiger partial charge < -0.3 is 0 Å². The van der Waals surface area contributed by atoms with Crippen LogP contribution in [0.15, 0.2) is 50.7 Å². The highest BCUT2D eigenvalue weighted by Crippen LogP contribution is 1.92. The monoisotopic (exact) mass is 224 g/mol. The van der Waals surface area contributed by atoms with Crippen molar-refractivity contribution in [3.05, 3.63) is 56.4 Å². The minimum Gasteiger partial charge on any atom is -0.202 e. The lowest BCUT2D eigenvalue weighted by Crippen LogP contribution is -2.37. The molecule has 1 rings (SSSR count). The van der Waals surface area contributed by atoms with E-state index in [4.69, 9.17) is 0 Å². The molecule has 1 nitrogen and oxygen atoms in total. The van der Waals surface area contributed by atoms with Gasteiger partial charge in [0, 0.05) is 19.1 Å². The van der Waals surface area contributed by atoms with Crippen molar-refractivity contribution in [1.82, 2.24) is 0 Å². The molecule has 1 aromatic heterocycles. The van der Waals surface area contributed by atoms with Gasteiger partial charge in [0.2, 0.25) is 0 Å². The fourth-order valence-electron chi connectivity index (χ4n) is 1.00. The predicted molar refractivity (Wildman–Crippen MR) is 72.3 cm³/mol. The highest BCUT2D eigenvalue weighted by Gasteiger charge is 2.01. The zero-order valence-corrected chi connectivity index (χ0v) is 10.7. The number of rotatable bonds is 3. The van der Waals surface area contributed by atoms with Gasteiger partial charge in [-0.1, -0.05) is 6.07 Å². The van der Waals surface area contributed by atoms with Crippen LogP contribution in [0.4, 0.5) is 0 Å². The molecule has 15 heavy (non-hydrogen) atoms. The van der Waals surface area contributed by atoms with Gasteiger partial charge in [-0.15, -0.1) is 26.3 Å². The topological polar surface area (TPSA) is 3.88 Å². The van der Waals surface area contributed by atoms with Gasteiger partial charge in [0.15, 0.2) is 18.4 Å². The molecule has 0 aliphatic carbocycles. The van der Waals surface area contributed by atoms with Gasteiger partial charge in [0.25, 0.3) is 0 Å². The molecule has 0 N–H and O–H groups in total. The maximum absolute atomic E-state index is 3.00. The van der Waals surface area contributed by atoms with Crippen LogP contribution in [-0.4, -0.2) is 12.0 Å². The van der Waals surface area contributed by atoms with E-state index in [0.717, 1.165) is 6.54 Å². The number of aryl methyl sites for hydroxylation is 2. The summed E-state index contributed by atoms with van der Waals surface area (Å²) in [6.07, 6.45) is 4.27. The van der Waals surface area contributed by atoms with Crippen molar-refractivity contribution < 1.29 is 4.57 Å². The first-order valence-electron chi connectivity index (χ1n) is 4.78. The largest absolute Gasteiger partial charge is 0.202 e. The van der Waals surface area contributed by atoms with E-state index in [-0.39, 0.29) is 0 Å². The summed E-state index contributed by atoms with van der Waals surface area (Å²) < 4.78 is 2.27. The number of thioether (sulfide) groups is 1. The van der Waals surface area contributed by atoms with Crippen LogP contribution in [0.5, 0.6) is 0 Å². The summed E-state index contributed by atoms with van der Waals surface area (Å²) in [7, 11) is 0. The molecule has 0 aliphatic heterocycles. The van der Waals surface area contributed by atoms with E-state index in [1.54, 1.807) is 0 Å². The Morgan fingerprint density at radius 3 is 2.27 bits per heavy atom. The van der Waals surface area contributed by atoms with Gasteiger partial charge in [0.1, 0.15) is 0 Å². The maximum atomic E-state index is 3.00. The minimum atomic E-state index is 1.12. The molecule has 0 bridgehead atoms. The average molecular weight is 224 g/mol. The number of hydrogen-bond acceptors (Lipinski definition) is 1. The Balaban J connectivity index is 0. The summed E-state index contributed by atoms with van der Waals surface area (Å²) >= 11 is 1.88. The van der Waals surface area contributed by atoms with E-state index in [2.05, 4.69) is 68.5 Å². The second-order valence-corrected chi connectivity index (χ2v) is 3.51. The van der Waals surface area contributed by atoms with Crippen LogP contribution in [0.2, 0.25) is 0 Å². The third-order valence-corrected chi connectivity index (χ3v) is 2.29. The molecule has 0 spiro atoms. The molecule has 0 aliphatic rings. The molecule has 0 radical (unpaired) electrons. The summed E-state index contributed by atoms with van der Waals surface area (Å²) in [5.74, 6) is 1.19. The van der Waals surface area contributed by atoms with Crippen molar-refractivity contribution in [3.63, 3.8) is 0 Å². The summed E-state index contributed by atoms with van der Waals surface area (Å²) in [6, 6.07) is 6.29. The van der Waals surface area contributed by atoms with E-state index >= 15 is 0 Å². The fraction of sp³-hybridized carbons (Fsp3) is 0.308. The Bertz CT molecular complexity index is 246. The van der Waals surface area contributed by atoms with Crippen LogP contribution in [-0.2, 0) is 6.54 Å². The molecule has 1 heterocycles. The van der Waals surface area contributed by atoms with Gasteiger partial charge in [-0.25, -0.2) is 4.57 Å². The van der Waals surface area contributed by atoms with Crippen LogP contribution in [0.3, 0.4) is 0 Å². The Morgan fingerprint density at radius 1 is 1.20 bits per heavy atom. The average Bonchev–Trinajstić information content (AvgIpc) is 2.33. The molecule has 1 aromatic rings. The molecule has 0 aromatic carbocycles. The van der Waals surface area contributed by atoms with Crippen LogP contribution in [0.1, 0.15) is 5.69 Å².